The van der Waals surface area contributed by atoms with E-state index in [1.165, 1.54) is 0 Å². The third-order valence-corrected chi connectivity index (χ3v) is 7.16. The number of rotatable bonds is 2. The summed E-state index contributed by atoms with van der Waals surface area (Å²) in [6.45, 7) is 8.74. The molecule has 0 unspecified atom stereocenters. The Balaban J connectivity index is 1.76. The van der Waals surface area contributed by atoms with Gasteiger partial charge in [0, 0.05) is 23.0 Å². The highest BCUT2D eigenvalue weighted by Gasteiger charge is 2.84. The van der Waals surface area contributed by atoms with Gasteiger partial charge >= 0.3 is 0 Å². The predicted molar refractivity (Wildman–Crippen MR) is 94.6 cm³/mol. The first-order valence-electron chi connectivity index (χ1n) is 9.11. The average molecular weight is 336 g/mol. The molecule has 2 aromatic rings. The molecule has 0 spiro atoms. The van der Waals surface area contributed by atoms with E-state index in [0.29, 0.717) is 0 Å². The Bertz CT molecular complexity index is 752. The van der Waals surface area contributed by atoms with Crippen molar-refractivity contribution in [2.75, 3.05) is 0 Å². The van der Waals surface area contributed by atoms with E-state index in [0.717, 1.165) is 11.1 Å². The van der Waals surface area contributed by atoms with E-state index >= 15 is 0 Å². The molecule has 2 aromatic carbocycles. The normalized spacial score (nSPS) is 47.4. The Kier molecular flexibility index (Phi) is 2.82. The van der Waals surface area contributed by atoms with Crippen molar-refractivity contribution >= 4 is 0 Å². The van der Waals surface area contributed by atoms with Gasteiger partial charge in [-0.15, -0.1) is 0 Å². The highest BCUT2D eigenvalue weighted by molar-refractivity contribution is 5.36. The smallest absolute Gasteiger partial charge is 0.204 e. The van der Waals surface area contributed by atoms with Crippen LogP contribution in [0.5, 0.6) is 0 Å². The molecule has 6 rings (SSSR count). The highest BCUT2D eigenvalue weighted by atomic mass is 16.9. The van der Waals surface area contributed by atoms with Crippen LogP contribution in [0.25, 0.3) is 0 Å². The van der Waals surface area contributed by atoms with Gasteiger partial charge in [0.05, 0.1) is 0 Å². The van der Waals surface area contributed by atoms with Gasteiger partial charge in [0.25, 0.3) is 0 Å². The summed E-state index contributed by atoms with van der Waals surface area (Å²) >= 11 is 0. The lowest BCUT2D eigenvalue weighted by atomic mass is 9.72. The second-order valence-electron chi connectivity index (χ2n) is 8.03. The minimum absolute atomic E-state index is 0.0780. The van der Waals surface area contributed by atoms with Crippen LogP contribution in [0.15, 0.2) is 60.7 Å². The van der Waals surface area contributed by atoms with Crippen LogP contribution >= 0.6 is 0 Å². The van der Waals surface area contributed by atoms with E-state index in [9.17, 15) is 0 Å². The van der Waals surface area contributed by atoms with Crippen molar-refractivity contribution in [1.29, 1.82) is 0 Å². The van der Waals surface area contributed by atoms with Crippen LogP contribution < -0.4 is 0 Å². The summed E-state index contributed by atoms with van der Waals surface area (Å²) in [5, 5.41) is 0. The maximum absolute atomic E-state index is 6.80. The van der Waals surface area contributed by atoms with Crippen LogP contribution in [0.4, 0.5) is 0 Å². The Labute approximate surface area is 148 Å². The van der Waals surface area contributed by atoms with E-state index in [1.807, 2.05) is 36.4 Å². The third kappa shape index (κ3) is 1.54. The monoisotopic (exact) mass is 336 g/mol. The molecule has 4 fully saturated rings. The fourth-order valence-electron chi connectivity index (χ4n) is 5.29. The zero-order valence-electron chi connectivity index (χ0n) is 15.2. The quantitative estimate of drug-likeness (QED) is 0.804. The summed E-state index contributed by atoms with van der Waals surface area (Å²) in [6, 6.07) is 20.6. The maximum atomic E-state index is 6.80. The summed E-state index contributed by atoms with van der Waals surface area (Å²) in [4.78, 5) is 0. The molecule has 6 atom stereocenters. The Hall–Kier alpha value is -1.68. The molecule has 0 amide bonds. The molecule has 4 bridgehead atoms. The molecule has 25 heavy (non-hydrogen) atoms. The van der Waals surface area contributed by atoms with Gasteiger partial charge in [-0.2, -0.15) is 0 Å². The standard InChI is InChI=1S/C22H24O3/c1-15-19(3)20(4)16(2)22(23-19,18-13-9-6-10-14-18)25-21(15,24-20)17-11-7-5-8-12-17/h5-16H,1-4H3/t15-,16+,19-,20-,21-,22-/m0/s1. The second-order valence-corrected chi connectivity index (χ2v) is 8.03. The van der Waals surface area contributed by atoms with Gasteiger partial charge < -0.3 is 14.2 Å². The molecule has 3 heteroatoms. The number of hydrogen-bond acceptors (Lipinski definition) is 3. The zero-order chi connectivity index (χ0) is 17.5. The second kappa shape index (κ2) is 4.53. The summed E-state index contributed by atoms with van der Waals surface area (Å²) < 4.78 is 20.3. The molecular formula is C22H24O3. The van der Waals surface area contributed by atoms with Crippen LogP contribution in [-0.4, -0.2) is 11.2 Å². The summed E-state index contributed by atoms with van der Waals surface area (Å²) in [5.74, 6) is -1.42. The number of hydrogen-bond donors (Lipinski definition) is 0. The number of ether oxygens (including phenoxy) is 3. The van der Waals surface area contributed by atoms with Crippen LogP contribution in [0.2, 0.25) is 0 Å². The van der Waals surface area contributed by atoms with Gasteiger partial charge in [0.1, 0.15) is 11.2 Å². The van der Waals surface area contributed by atoms with Crippen molar-refractivity contribution < 1.29 is 14.2 Å². The van der Waals surface area contributed by atoms with E-state index in [1.54, 1.807) is 0 Å². The molecule has 3 nitrogen and oxygen atoms in total. The minimum Gasteiger partial charge on any atom is -0.336 e. The molecule has 0 radical (unpaired) electrons. The fourth-order valence-corrected chi connectivity index (χ4v) is 5.29. The minimum atomic E-state index is -0.786. The lowest BCUT2D eigenvalue weighted by Gasteiger charge is -2.52. The average Bonchev–Trinajstić information content (AvgIpc) is 2.84. The predicted octanol–water partition coefficient (Wildman–Crippen LogP) is 4.57. The molecule has 0 aromatic heterocycles. The van der Waals surface area contributed by atoms with Crippen molar-refractivity contribution in [3.63, 3.8) is 0 Å². The van der Waals surface area contributed by atoms with Crippen molar-refractivity contribution in [3.05, 3.63) is 71.8 Å². The molecule has 0 aliphatic carbocycles. The van der Waals surface area contributed by atoms with Crippen molar-refractivity contribution in [3.8, 4) is 0 Å². The molecule has 4 aliphatic heterocycles. The SMILES string of the molecule is C[C@@H]1[C@@]2(c3ccccc3)O[C@@]3(c4ccccc4)O[C@]1(C)[C@@](C)(O2)[C@H]3C. The van der Waals surface area contributed by atoms with Crippen LogP contribution in [0.1, 0.15) is 38.8 Å². The van der Waals surface area contributed by atoms with Gasteiger partial charge in [-0.05, 0) is 13.8 Å². The first-order chi connectivity index (χ1) is 11.9. The molecule has 0 saturated carbocycles. The molecule has 4 heterocycles. The molecular weight excluding hydrogens is 312 g/mol. The Morgan fingerprint density at radius 2 is 0.960 bits per heavy atom. The van der Waals surface area contributed by atoms with Gasteiger partial charge in [-0.25, -0.2) is 0 Å². The highest BCUT2D eigenvalue weighted by Crippen LogP contribution is 2.74. The number of benzene rings is 2. The van der Waals surface area contributed by atoms with Crippen LogP contribution in [0.3, 0.4) is 0 Å². The topological polar surface area (TPSA) is 27.7 Å². The largest absolute Gasteiger partial charge is 0.336 e. The zero-order valence-corrected chi connectivity index (χ0v) is 15.2. The van der Waals surface area contributed by atoms with E-state index in [2.05, 4.69) is 52.0 Å². The van der Waals surface area contributed by atoms with E-state index < -0.39 is 22.8 Å². The lowest BCUT2D eigenvalue weighted by Crippen LogP contribution is -2.56. The fraction of sp³-hybridized carbons (Fsp3) is 0.455. The Morgan fingerprint density at radius 3 is 1.32 bits per heavy atom. The van der Waals surface area contributed by atoms with Crippen LogP contribution in [0, 0.1) is 11.8 Å². The molecule has 0 N–H and O–H groups in total. The van der Waals surface area contributed by atoms with Gasteiger partial charge in [-0.1, -0.05) is 74.5 Å². The first kappa shape index (κ1) is 15.6. The third-order valence-electron chi connectivity index (χ3n) is 7.16. The van der Waals surface area contributed by atoms with Gasteiger partial charge in [-0.3, -0.25) is 0 Å². The van der Waals surface area contributed by atoms with Gasteiger partial charge in [0.2, 0.25) is 11.6 Å². The Morgan fingerprint density at radius 1 is 0.600 bits per heavy atom. The van der Waals surface area contributed by atoms with E-state index in [4.69, 9.17) is 14.2 Å². The van der Waals surface area contributed by atoms with Crippen LogP contribution in [-0.2, 0) is 25.8 Å². The maximum Gasteiger partial charge on any atom is 0.204 e. The summed E-state index contributed by atoms with van der Waals surface area (Å²) in [5.41, 5.74) is 1.29. The van der Waals surface area contributed by atoms with Crippen molar-refractivity contribution in [2.24, 2.45) is 11.8 Å². The molecule has 4 aliphatic rings. The van der Waals surface area contributed by atoms with Crippen molar-refractivity contribution in [1.82, 2.24) is 0 Å². The molecule has 4 saturated heterocycles. The van der Waals surface area contributed by atoms with Gasteiger partial charge in [0.15, 0.2) is 0 Å². The van der Waals surface area contributed by atoms with Crippen molar-refractivity contribution in [2.45, 2.75) is 50.5 Å². The molecule has 130 valence electrons. The van der Waals surface area contributed by atoms with E-state index in [-0.39, 0.29) is 11.8 Å². The first-order valence-corrected chi connectivity index (χ1v) is 9.11. The summed E-state index contributed by atoms with van der Waals surface area (Å²) in [6.07, 6.45) is 0. The summed E-state index contributed by atoms with van der Waals surface area (Å²) in [7, 11) is 0. The lowest BCUT2D eigenvalue weighted by molar-refractivity contribution is -0.445.